The average molecular weight is 282 g/mol. The number of likely N-dealkylation sites (tertiary alicyclic amines) is 1. The summed E-state index contributed by atoms with van der Waals surface area (Å²) in [7, 11) is 0. The van der Waals surface area contributed by atoms with Crippen LogP contribution in [0.15, 0.2) is 18.2 Å². The second kappa shape index (κ2) is 6.68. The molecule has 2 amide bonds. The number of carbonyl (C=O) groups excluding carboxylic acids is 1. The number of amides is 2. The maximum absolute atomic E-state index is 13.0. The third kappa shape index (κ3) is 4.18. The molecule has 0 aliphatic carbocycles. The molecule has 0 spiro atoms. The SMILES string of the molecule is CC1CCN(C(=O)NCCc2cc(F)cc(F)c2)CC1. The molecule has 1 heterocycles. The summed E-state index contributed by atoms with van der Waals surface area (Å²) in [5, 5.41) is 2.80. The Bertz CT molecular complexity index is 451. The fraction of sp³-hybridized carbons (Fsp3) is 0.533. The van der Waals surface area contributed by atoms with Gasteiger partial charge < -0.3 is 10.2 Å². The van der Waals surface area contributed by atoms with Crippen LogP contribution in [0.3, 0.4) is 0 Å². The lowest BCUT2D eigenvalue weighted by Crippen LogP contribution is -2.44. The minimum atomic E-state index is -0.587. The average Bonchev–Trinajstić information content (AvgIpc) is 2.38. The van der Waals surface area contributed by atoms with E-state index in [4.69, 9.17) is 0 Å². The summed E-state index contributed by atoms with van der Waals surface area (Å²) in [6.45, 7) is 4.13. The Hall–Kier alpha value is -1.65. The topological polar surface area (TPSA) is 32.3 Å². The number of urea groups is 1. The molecule has 0 aromatic heterocycles. The van der Waals surface area contributed by atoms with Crippen LogP contribution >= 0.6 is 0 Å². The molecule has 3 nitrogen and oxygen atoms in total. The molecular weight excluding hydrogens is 262 g/mol. The normalized spacial score (nSPS) is 16.2. The van der Waals surface area contributed by atoms with Crippen LogP contribution in [0.4, 0.5) is 13.6 Å². The van der Waals surface area contributed by atoms with Gasteiger partial charge in [-0.05, 0) is 42.9 Å². The molecule has 1 fully saturated rings. The van der Waals surface area contributed by atoms with Gasteiger partial charge in [-0.15, -0.1) is 0 Å². The number of rotatable bonds is 3. The van der Waals surface area contributed by atoms with Crippen molar-refractivity contribution >= 4 is 6.03 Å². The molecule has 0 atom stereocenters. The molecule has 0 bridgehead atoms. The molecule has 5 heteroatoms. The van der Waals surface area contributed by atoms with Crippen molar-refractivity contribution < 1.29 is 13.6 Å². The van der Waals surface area contributed by atoms with E-state index < -0.39 is 11.6 Å². The number of halogens is 2. The summed E-state index contributed by atoms with van der Waals surface area (Å²) in [6.07, 6.45) is 2.48. The number of hydrogen-bond donors (Lipinski definition) is 1. The Morgan fingerprint density at radius 2 is 1.85 bits per heavy atom. The summed E-state index contributed by atoms with van der Waals surface area (Å²) < 4.78 is 26.0. The van der Waals surface area contributed by atoms with Gasteiger partial charge in [0, 0.05) is 25.7 Å². The molecule has 1 saturated heterocycles. The van der Waals surface area contributed by atoms with Crippen molar-refractivity contribution in [3.8, 4) is 0 Å². The van der Waals surface area contributed by atoms with Crippen LogP contribution in [-0.4, -0.2) is 30.6 Å². The van der Waals surface area contributed by atoms with Crippen LogP contribution in [0, 0.1) is 17.6 Å². The highest BCUT2D eigenvalue weighted by atomic mass is 19.1. The molecule has 1 N–H and O–H groups in total. The summed E-state index contributed by atoms with van der Waals surface area (Å²) in [5.74, 6) is -0.498. The molecule has 1 aromatic rings. The summed E-state index contributed by atoms with van der Waals surface area (Å²) in [5.41, 5.74) is 0.551. The largest absolute Gasteiger partial charge is 0.338 e. The standard InChI is InChI=1S/C15H20F2N2O/c1-11-3-6-19(7-4-11)15(20)18-5-2-12-8-13(16)10-14(17)9-12/h8-11H,2-7H2,1H3,(H,18,20). The van der Waals surface area contributed by atoms with Crippen LogP contribution in [0.5, 0.6) is 0 Å². The zero-order valence-corrected chi connectivity index (χ0v) is 11.7. The van der Waals surface area contributed by atoms with Crippen LogP contribution < -0.4 is 5.32 Å². The van der Waals surface area contributed by atoms with Gasteiger partial charge in [0.2, 0.25) is 0 Å². The van der Waals surface area contributed by atoms with E-state index in [2.05, 4.69) is 12.2 Å². The van der Waals surface area contributed by atoms with Crippen molar-refractivity contribution in [1.82, 2.24) is 10.2 Å². The predicted octanol–water partition coefficient (Wildman–Crippen LogP) is 2.95. The fourth-order valence-corrected chi connectivity index (χ4v) is 2.39. The van der Waals surface area contributed by atoms with Gasteiger partial charge in [0.15, 0.2) is 0 Å². The molecule has 0 unspecified atom stereocenters. The first-order chi connectivity index (χ1) is 9.54. The van der Waals surface area contributed by atoms with E-state index in [1.165, 1.54) is 12.1 Å². The first-order valence-corrected chi connectivity index (χ1v) is 7.02. The highest BCUT2D eigenvalue weighted by molar-refractivity contribution is 5.74. The maximum atomic E-state index is 13.0. The zero-order chi connectivity index (χ0) is 14.5. The van der Waals surface area contributed by atoms with E-state index in [9.17, 15) is 13.6 Å². The van der Waals surface area contributed by atoms with E-state index in [-0.39, 0.29) is 6.03 Å². The Morgan fingerprint density at radius 1 is 1.25 bits per heavy atom. The molecule has 1 aromatic carbocycles. The quantitative estimate of drug-likeness (QED) is 0.908. The molecule has 0 saturated carbocycles. The number of nitrogens with zero attached hydrogens (tertiary/aromatic N) is 1. The van der Waals surface area contributed by atoms with E-state index >= 15 is 0 Å². The van der Waals surface area contributed by atoms with E-state index in [1.54, 1.807) is 4.90 Å². The monoisotopic (exact) mass is 282 g/mol. The van der Waals surface area contributed by atoms with Crippen LogP contribution in [0.2, 0.25) is 0 Å². The molecular formula is C15H20F2N2O. The minimum absolute atomic E-state index is 0.0891. The van der Waals surface area contributed by atoms with Gasteiger partial charge in [0.05, 0.1) is 0 Å². The van der Waals surface area contributed by atoms with Crippen LogP contribution in [0.1, 0.15) is 25.3 Å². The summed E-state index contributed by atoms with van der Waals surface area (Å²) >= 11 is 0. The van der Waals surface area contributed by atoms with Crippen molar-refractivity contribution in [3.05, 3.63) is 35.4 Å². The second-order valence-electron chi connectivity index (χ2n) is 5.43. The van der Waals surface area contributed by atoms with Gasteiger partial charge in [-0.1, -0.05) is 6.92 Å². The van der Waals surface area contributed by atoms with Crippen LogP contribution in [-0.2, 0) is 6.42 Å². The third-order valence-corrected chi connectivity index (χ3v) is 3.68. The minimum Gasteiger partial charge on any atom is -0.338 e. The molecule has 110 valence electrons. The van der Waals surface area contributed by atoms with Gasteiger partial charge in [-0.3, -0.25) is 0 Å². The lowest BCUT2D eigenvalue weighted by atomic mass is 10.00. The fourth-order valence-electron chi connectivity index (χ4n) is 2.39. The van der Waals surface area contributed by atoms with Gasteiger partial charge in [0.1, 0.15) is 11.6 Å². The predicted molar refractivity (Wildman–Crippen MR) is 73.4 cm³/mol. The van der Waals surface area contributed by atoms with E-state index in [0.717, 1.165) is 32.0 Å². The van der Waals surface area contributed by atoms with Crippen molar-refractivity contribution in [2.24, 2.45) is 5.92 Å². The highest BCUT2D eigenvalue weighted by Gasteiger charge is 2.19. The number of piperidine rings is 1. The molecule has 1 aliphatic heterocycles. The smallest absolute Gasteiger partial charge is 0.317 e. The lowest BCUT2D eigenvalue weighted by molar-refractivity contribution is 0.174. The Kier molecular flexibility index (Phi) is 4.93. The van der Waals surface area contributed by atoms with Crippen molar-refractivity contribution in [2.45, 2.75) is 26.2 Å². The maximum Gasteiger partial charge on any atom is 0.317 e. The van der Waals surface area contributed by atoms with Gasteiger partial charge in [0.25, 0.3) is 0 Å². The number of benzene rings is 1. The molecule has 2 rings (SSSR count). The van der Waals surface area contributed by atoms with Gasteiger partial charge in [-0.25, -0.2) is 13.6 Å². The molecule has 1 aliphatic rings. The van der Waals surface area contributed by atoms with Crippen LogP contribution in [0.25, 0.3) is 0 Å². The van der Waals surface area contributed by atoms with E-state index in [1.807, 2.05) is 0 Å². The molecule has 20 heavy (non-hydrogen) atoms. The second-order valence-corrected chi connectivity index (χ2v) is 5.43. The summed E-state index contributed by atoms with van der Waals surface area (Å²) in [6, 6.07) is 3.33. The Labute approximate surface area is 118 Å². The number of nitrogens with one attached hydrogen (secondary N) is 1. The zero-order valence-electron chi connectivity index (χ0n) is 11.7. The van der Waals surface area contributed by atoms with Crippen molar-refractivity contribution in [2.75, 3.05) is 19.6 Å². The van der Waals surface area contributed by atoms with Crippen molar-refractivity contribution in [3.63, 3.8) is 0 Å². The van der Waals surface area contributed by atoms with Crippen molar-refractivity contribution in [1.29, 1.82) is 0 Å². The Balaban J connectivity index is 1.76. The lowest BCUT2D eigenvalue weighted by Gasteiger charge is -2.30. The van der Waals surface area contributed by atoms with Gasteiger partial charge >= 0.3 is 6.03 Å². The highest BCUT2D eigenvalue weighted by Crippen LogP contribution is 2.15. The van der Waals surface area contributed by atoms with Gasteiger partial charge in [-0.2, -0.15) is 0 Å². The Morgan fingerprint density at radius 3 is 2.45 bits per heavy atom. The number of hydrogen-bond acceptors (Lipinski definition) is 1. The summed E-state index contributed by atoms with van der Waals surface area (Å²) in [4.78, 5) is 13.7. The van der Waals surface area contributed by atoms with E-state index in [0.29, 0.717) is 24.4 Å². The first-order valence-electron chi connectivity index (χ1n) is 7.02. The molecule has 0 radical (unpaired) electrons. The number of carbonyl (C=O) groups is 1. The third-order valence-electron chi connectivity index (χ3n) is 3.68. The first kappa shape index (κ1) is 14.8.